The van der Waals surface area contributed by atoms with Crippen LogP contribution in [0.1, 0.15) is 24.2 Å². The number of pyridine rings is 2. The topological polar surface area (TPSA) is 224 Å². The van der Waals surface area contributed by atoms with Crippen LogP contribution in [0.4, 0.5) is 0 Å². The van der Waals surface area contributed by atoms with Crippen molar-refractivity contribution in [3.63, 3.8) is 0 Å². The first-order chi connectivity index (χ1) is 19.0. The third-order valence-corrected chi connectivity index (χ3v) is 5.08. The molecule has 0 saturated carbocycles. The van der Waals surface area contributed by atoms with Gasteiger partial charge in [-0.25, -0.2) is 9.59 Å². The van der Waals surface area contributed by atoms with Crippen LogP contribution < -0.4 is 20.1 Å². The number of hydrogen-bond donors (Lipinski definition) is 8. The van der Waals surface area contributed by atoms with Gasteiger partial charge < -0.3 is 50.7 Å². The zero-order chi connectivity index (χ0) is 30.5. The summed E-state index contributed by atoms with van der Waals surface area (Å²) in [5.41, 5.74) is 1.90. The SMILES string of the molecule is CNCCCOc1cccnc1C.CNCCCOc1cccnc1C.O=C(O)[C@@H](O)[C@H](O)[C@H](O)[C@@H](O)C(=O)O. The molecule has 2 aromatic heterocycles. The van der Waals surface area contributed by atoms with Crippen molar-refractivity contribution in [2.75, 3.05) is 40.4 Å². The number of hydrogen-bond acceptors (Lipinski definition) is 12. The predicted molar refractivity (Wildman–Crippen MR) is 145 cm³/mol. The highest BCUT2D eigenvalue weighted by Crippen LogP contribution is 2.14. The van der Waals surface area contributed by atoms with E-state index < -0.39 is 36.4 Å². The Balaban J connectivity index is 0.000000571. The summed E-state index contributed by atoms with van der Waals surface area (Å²) in [7, 11) is 3.88. The van der Waals surface area contributed by atoms with E-state index in [2.05, 4.69) is 20.6 Å². The van der Waals surface area contributed by atoms with Gasteiger partial charge >= 0.3 is 11.9 Å². The minimum atomic E-state index is -2.36. The zero-order valence-corrected chi connectivity index (χ0v) is 23.2. The number of nitrogens with zero attached hydrogens (tertiary/aromatic N) is 2. The summed E-state index contributed by atoms with van der Waals surface area (Å²) in [5, 5.41) is 57.6. The molecule has 0 unspecified atom stereocenters. The van der Waals surface area contributed by atoms with Crippen molar-refractivity contribution in [1.29, 1.82) is 0 Å². The third kappa shape index (κ3) is 15.3. The van der Waals surface area contributed by atoms with E-state index in [-0.39, 0.29) is 0 Å². The summed E-state index contributed by atoms with van der Waals surface area (Å²) < 4.78 is 11.1. The normalized spacial score (nSPS) is 13.3. The van der Waals surface area contributed by atoms with Crippen LogP contribution in [0.25, 0.3) is 0 Å². The average molecular weight is 571 g/mol. The Morgan fingerprint density at radius 1 is 0.750 bits per heavy atom. The number of ether oxygens (including phenoxy) is 2. The maximum absolute atomic E-state index is 10.1. The molecule has 8 N–H and O–H groups in total. The maximum atomic E-state index is 10.1. The first-order valence-electron chi connectivity index (χ1n) is 12.5. The van der Waals surface area contributed by atoms with Gasteiger partial charge in [0.05, 0.1) is 24.6 Å². The Morgan fingerprint density at radius 3 is 1.38 bits per heavy atom. The van der Waals surface area contributed by atoms with Gasteiger partial charge in [0.25, 0.3) is 0 Å². The van der Waals surface area contributed by atoms with Crippen LogP contribution in [0.5, 0.6) is 11.5 Å². The standard InChI is InChI=1S/2C10H16N2O.C6H10O8/c2*1-9-10(5-3-7-12-9)13-8-4-6-11-2;7-1(3(9)5(11)12)2(8)4(10)6(13)14/h2*3,5,7,11H,4,6,8H2,1-2H3;1-4,7-10H,(H,11,12)(H,13,14)/t;;1-,2+,3+,4-. The second-order valence-electron chi connectivity index (χ2n) is 8.33. The van der Waals surface area contributed by atoms with Crippen LogP contribution in [0.2, 0.25) is 0 Å². The lowest BCUT2D eigenvalue weighted by molar-refractivity contribution is -0.172. The van der Waals surface area contributed by atoms with Crippen molar-refractivity contribution in [2.24, 2.45) is 0 Å². The van der Waals surface area contributed by atoms with Crippen LogP contribution in [0.15, 0.2) is 36.7 Å². The number of carboxylic acids is 2. The van der Waals surface area contributed by atoms with Crippen LogP contribution in [-0.2, 0) is 9.59 Å². The van der Waals surface area contributed by atoms with Crippen LogP contribution in [0.3, 0.4) is 0 Å². The molecule has 4 atom stereocenters. The molecule has 0 amide bonds. The summed E-state index contributed by atoms with van der Waals surface area (Å²) in [5.74, 6) is -1.90. The molecule has 2 rings (SSSR count). The van der Waals surface area contributed by atoms with Gasteiger partial charge in [0, 0.05) is 12.4 Å². The number of carbonyl (C=O) groups is 2. The highest BCUT2D eigenvalue weighted by atomic mass is 16.5. The van der Waals surface area contributed by atoms with E-state index in [0.29, 0.717) is 0 Å². The van der Waals surface area contributed by atoms with Gasteiger partial charge in [-0.05, 0) is 78.1 Å². The molecule has 0 aliphatic carbocycles. The maximum Gasteiger partial charge on any atom is 0.335 e. The Hall–Kier alpha value is -3.40. The second kappa shape index (κ2) is 21.4. The van der Waals surface area contributed by atoms with Gasteiger partial charge in [-0.1, -0.05) is 0 Å². The summed E-state index contributed by atoms with van der Waals surface area (Å²) in [6, 6.07) is 7.67. The Bertz CT molecular complexity index is 905. The largest absolute Gasteiger partial charge is 0.492 e. The van der Waals surface area contributed by atoms with Gasteiger partial charge in [0.1, 0.15) is 23.7 Å². The predicted octanol–water partition coefficient (Wildman–Crippen LogP) is -0.644. The van der Waals surface area contributed by atoms with Gasteiger partial charge in [0.15, 0.2) is 12.2 Å². The van der Waals surface area contributed by atoms with Crippen molar-refractivity contribution >= 4 is 11.9 Å². The number of aromatic nitrogens is 2. The lowest BCUT2D eigenvalue weighted by Crippen LogP contribution is -2.49. The van der Waals surface area contributed by atoms with Gasteiger partial charge in [-0.2, -0.15) is 0 Å². The summed E-state index contributed by atoms with van der Waals surface area (Å²) in [6.45, 7) is 7.36. The number of aryl methyl sites for hydroxylation is 2. The molecular formula is C26H42N4O10. The minimum absolute atomic E-state index is 0.743. The van der Waals surface area contributed by atoms with Crippen molar-refractivity contribution in [1.82, 2.24) is 20.6 Å². The van der Waals surface area contributed by atoms with E-state index in [1.54, 1.807) is 12.4 Å². The first-order valence-corrected chi connectivity index (χ1v) is 12.5. The van der Waals surface area contributed by atoms with E-state index in [1.165, 1.54) is 0 Å². The van der Waals surface area contributed by atoms with E-state index in [9.17, 15) is 9.59 Å². The van der Waals surface area contributed by atoms with Crippen molar-refractivity contribution < 1.29 is 49.7 Å². The number of nitrogens with one attached hydrogen (secondary N) is 2. The lowest BCUT2D eigenvalue weighted by atomic mass is 10.0. The molecule has 2 heterocycles. The molecule has 0 aromatic carbocycles. The Labute approximate surface area is 233 Å². The molecule has 14 nitrogen and oxygen atoms in total. The molecule has 0 bridgehead atoms. The van der Waals surface area contributed by atoms with Gasteiger partial charge in [-0.3, -0.25) is 9.97 Å². The number of carboxylic acid groups (broad SMARTS) is 2. The molecule has 14 heteroatoms. The van der Waals surface area contributed by atoms with Crippen molar-refractivity contribution in [3.8, 4) is 11.5 Å². The minimum Gasteiger partial charge on any atom is -0.492 e. The number of aliphatic hydroxyl groups is 4. The Morgan fingerprint density at radius 2 is 1.10 bits per heavy atom. The molecule has 40 heavy (non-hydrogen) atoms. The van der Waals surface area contributed by atoms with Crippen LogP contribution >= 0.6 is 0 Å². The van der Waals surface area contributed by atoms with Crippen molar-refractivity contribution in [2.45, 2.75) is 51.1 Å². The third-order valence-electron chi connectivity index (χ3n) is 5.08. The molecule has 0 saturated heterocycles. The van der Waals surface area contributed by atoms with Gasteiger partial charge in [0.2, 0.25) is 0 Å². The van der Waals surface area contributed by atoms with E-state index in [4.69, 9.17) is 40.1 Å². The number of aliphatic carboxylic acids is 2. The molecule has 2 aromatic rings. The smallest absolute Gasteiger partial charge is 0.335 e. The van der Waals surface area contributed by atoms with Gasteiger partial charge in [-0.15, -0.1) is 0 Å². The van der Waals surface area contributed by atoms with E-state index >= 15 is 0 Å². The van der Waals surface area contributed by atoms with Crippen LogP contribution in [0, 0.1) is 13.8 Å². The second-order valence-corrected chi connectivity index (χ2v) is 8.33. The number of rotatable bonds is 15. The molecule has 0 fully saturated rings. The fourth-order valence-corrected chi connectivity index (χ4v) is 2.77. The summed E-state index contributed by atoms with van der Waals surface area (Å²) in [6.07, 6.45) is -3.70. The van der Waals surface area contributed by atoms with E-state index in [0.717, 1.165) is 62.0 Å². The highest BCUT2D eigenvalue weighted by molar-refractivity contribution is 5.75. The number of aliphatic hydroxyl groups excluding tert-OH is 4. The van der Waals surface area contributed by atoms with Crippen molar-refractivity contribution in [3.05, 3.63) is 48.0 Å². The molecule has 0 radical (unpaired) electrons. The first kappa shape index (κ1) is 36.6. The Kier molecular flexibility index (Phi) is 19.6. The monoisotopic (exact) mass is 570 g/mol. The molecule has 226 valence electrons. The zero-order valence-electron chi connectivity index (χ0n) is 23.2. The molecule has 0 aliphatic heterocycles. The molecule has 0 spiro atoms. The fourth-order valence-electron chi connectivity index (χ4n) is 2.77. The van der Waals surface area contributed by atoms with E-state index in [1.807, 2.05) is 52.2 Å². The quantitative estimate of drug-likeness (QED) is 0.125. The fraction of sp³-hybridized carbons (Fsp3) is 0.538. The summed E-state index contributed by atoms with van der Waals surface area (Å²) >= 11 is 0. The highest BCUT2D eigenvalue weighted by Gasteiger charge is 2.37. The average Bonchev–Trinajstić information content (AvgIpc) is 2.94. The molecular weight excluding hydrogens is 528 g/mol. The van der Waals surface area contributed by atoms with Crippen LogP contribution in [-0.4, -0.2) is 117 Å². The lowest BCUT2D eigenvalue weighted by Gasteiger charge is -2.21. The molecule has 0 aliphatic rings. The summed E-state index contributed by atoms with van der Waals surface area (Å²) in [4.78, 5) is 28.4.